The molecule has 5 nitrogen and oxygen atoms in total. The van der Waals surface area contributed by atoms with E-state index in [1.54, 1.807) is 6.92 Å². The van der Waals surface area contributed by atoms with Gasteiger partial charge in [-0.1, -0.05) is 0 Å². The predicted molar refractivity (Wildman–Crippen MR) is 52.6 cm³/mol. The molecule has 1 aromatic rings. The monoisotopic (exact) mass is 199 g/mol. The second kappa shape index (κ2) is 4.54. The average Bonchev–Trinajstić information content (AvgIpc) is 2.44. The van der Waals surface area contributed by atoms with Crippen LogP contribution in [0.5, 0.6) is 0 Å². The van der Waals surface area contributed by atoms with Gasteiger partial charge in [-0.25, -0.2) is 4.98 Å². The van der Waals surface area contributed by atoms with Gasteiger partial charge in [0, 0.05) is 6.54 Å². The summed E-state index contributed by atoms with van der Waals surface area (Å²) in [6.07, 6.45) is -0.751. The van der Waals surface area contributed by atoms with E-state index in [0.29, 0.717) is 23.9 Å². The van der Waals surface area contributed by atoms with Crippen molar-refractivity contribution in [2.45, 2.75) is 19.6 Å². The van der Waals surface area contributed by atoms with Crippen LogP contribution in [0.1, 0.15) is 23.4 Å². The van der Waals surface area contributed by atoms with Crippen molar-refractivity contribution >= 4 is 0 Å². The van der Waals surface area contributed by atoms with Crippen LogP contribution >= 0.6 is 0 Å². The highest BCUT2D eigenvalue weighted by Crippen LogP contribution is 2.18. The maximum Gasteiger partial charge on any atom is 0.208 e. The summed E-state index contributed by atoms with van der Waals surface area (Å²) >= 11 is 0. The van der Waals surface area contributed by atoms with E-state index in [2.05, 4.69) is 4.98 Å². The Morgan fingerprint density at radius 3 is 2.71 bits per heavy atom. The first-order valence-electron chi connectivity index (χ1n) is 4.53. The van der Waals surface area contributed by atoms with E-state index in [4.69, 9.17) is 10.2 Å². The molecule has 0 saturated carbocycles. The van der Waals surface area contributed by atoms with Crippen molar-refractivity contribution in [3.8, 4) is 0 Å². The zero-order chi connectivity index (χ0) is 10.7. The molecule has 5 heteroatoms. The van der Waals surface area contributed by atoms with Gasteiger partial charge in [0.05, 0.1) is 12.2 Å². The molecule has 0 saturated heterocycles. The molecule has 14 heavy (non-hydrogen) atoms. The lowest BCUT2D eigenvalue weighted by atomic mass is 10.2. The van der Waals surface area contributed by atoms with E-state index < -0.39 is 6.10 Å². The van der Waals surface area contributed by atoms with Gasteiger partial charge in [-0.2, -0.15) is 0 Å². The highest BCUT2D eigenvalue weighted by molar-refractivity contribution is 5.11. The Hall–Kier alpha value is -0.910. The maximum atomic E-state index is 9.49. The van der Waals surface area contributed by atoms with Crippen LogP contribution in [0, 0.1) is 6.92 Å². The molecule has 1 atom stereocenters. The molecule has 1 rings (SSSR count). The number of aromatic nitrogens is 1. The number of aliphatic hydroxyl groups is 1. The quantitative estimate of drug-likeness (QED) is 0.716. The Kier molecular flexibility index (Phi) is 3.62. The number of nitrogens with zero attached hydrogens (tertiary/aromatic N) is 2. The van der Waals surface area contributed by atoms with E-state index in [1.807, 2.05) is 19.0 Å². The molecule has 0 aromatic carbocycles. The van der Waals surface area contributed by atoms with E-state index in [9.17, 15) is 5.11 Å². The van der Waals surface area contributed by atoms with Gasteiger partial charge in [-0.15, -0.1) is 0 Å². The van der Waals surface area contributed by atoms with Gasteiger partial charge in [0.1, 0.15) is 6.10 Å². The molecule has 0 spiro atoms. The molecule has 0 bridgehead atoms. The average molecular weight is 199 g/mol. The van der Waals surface area contributed by atoms with Crippen molar-refractivity contribution < 1.29 is 9.52 Å². The Labute approximate surface area is 83.5 Å². The van der Waals surface area contributed by atoms with Crippen molar-refractivity contribution in [3.63, 3.8) is 0 Å². The predicted octanol–water partition coefficient (Wildman–Crippen LogP) is 0.0367. The van der Waals surface area contributed by atoms with Crippen molar-refractivity contribution in [1.29, 1.82) is 0 Å². The molecule has 0 aliphatic carbocycles. The SMILES string of the molecule is Cc1nc(CN(C)C)oc1C(O)CN. The molecular weight excluding hydrogens is 182 g/mol. The number of rotatable bonds is 4. The van der Waals surface area contributed by atoms with Crippen LogP contribution in [-0.4, -0.2) is 35.6 Å². The third-order valence-electron chi connectivity index (χ3n) is 1.85. The van der Waals surface area contributed by atoms with E-state index >= 15 is 0 Å². The summed E-state index contributed by atoms with van der Waals surface area (Å²) in [6.45, 7) is 2.58. The third-order valence-corrected chi connectivity index (χ3v) is 1.85. The molecule has 0 radical (unpaired) electrons. The number of hydrogen-bond acceptors (Lipinski definition) is 5. The van der Waals surface area contributed by atoms with Gasteiger partial charge in [0.25, 0.3) is 0 Å². The Morgan fingerprint density at radius 2 is 2.21 bits per heavy atom. The molecule has 1 aromatic heterocycles. The summed E-state index contributed by atoms with van der Waals surface area (Å²) < 4.78 is 5.40. The lowest BCUT2D eigenvalue weighted by Gasteiger charge is -2.05. The fraction of sp³-hybridized carbons (Fsp3) is 0.667. The normalized spacial score (nSPS) is 13.6. The summed E-state index contributed by atoms with van der Waals surface area (Å²) in [7, 11) is 3.86. The maximum absolute atomic E-state index is 9.49. The minimum atomic E-state index is -0.751. The number of aryl methyl sites for hydroxylation is 1. The molecule has 80 valence electrons. The van der Waals surface area contributed by atoms with Crippen LogP contribution in [0.2, 0.25) is 0 Å². The van der Waals surface area contributed by atoms with Gasteiger partial charge < -0.3 is 20.2 Å². The van der Waals surface area contributed by atoms with Crippen LogP contribution in [0.4, 0.5) is 0 Å². The zero-order valence-corrected chi connectivity index (χ0v) is 8.82. The number of aliphatic hydroxyl groups excluding tert-OH is 1. The summed E-state index contributed by atoms with van der Waals surface area (Å²) in [5, 5.41) is 9.49. The zero-order valence-electron chi connectivity index (χ0n) is 8.82. The highest BCUT2D eigenvalue weighted by Gasteiger charge is 2.16. The molecule has 3 N–H and O–H groups in total. The Balaban J connectivity index is 2.82. The number of oxazole rings is 1. The standard InChI is InChI=1S/C9H17N3O2/c1-6-9(7(13)4-10)14-8(11-6)5-12(2)3/h7,13H,4-5,10H2,1-3H3. The van der Waals surface area contributed by atoms with Gasteiger partial charge in [0.2, 0.25) is 5.89 Å². The lowest BCUT2D eigenvalue weighted by molar-refractivity contribution is 0.153. The topological polar surface area (TPSA) is 75.5 Å². The summed E-state index contributed by atoms with van der Waals surface area (Å²) in [4.78, 5) is 6.14. The smallest absolute Gasteiger partial charge is 0.208 e. The van der Waals surface area contributed by atoms with Gasteiger partial charge in [0.15, 0.2) is 5.76 Å². The van der Waals surface area contributed by atoms with Crippen LogP contribution in [0.3, 0.4) is 0 Å². The fourth-order valence-electron chi connectivity index (χ4n) is 1.22. The first kappa shape index (κ1) is 11.2. The number of hydrogen-bond donors (Lipinski definition) is 2. The van der Waals surface area contributed by atoms with Gasteiger partial charge in [-0.3, -0.25) is 0 Å². The molecule has 0 fully saturated rings. The molecule has 0 aliphatic heterocycles. The Morgan fingerprint density at radius 1 is 1.57 bits per heavy atom. The minimum Gasteiger partial charge on any atom is -0.441 e. The van der Waals surface area contributed by atoms with Crippen LogP contribution < -0.4 is 5.73 Å². The summed E-state index contributed by atoms with van der Waals surface area (Å²) in [6, 6.07) is 0. The number of nitrogens with two attached hydrogens (primary N) is 1. The van der Waals surface area contributed by atoms with E-state index in [0.717, 1.165) is 0 Å². The van der Waals surface area contributed by atoms with Crippen molar-refractivity contribution in [1.82, 2.24) is 9.88 Å². The second-order valence-electron chi connectivity index (χ2n) is 3.55. The molecule has 0 aliphatic rings. The fourth-order valence-corrected chi connectivity index (χ4v) is 1.22. The molecule has 1 heterocycles. The van der Waals surface area contributed by atoms with Crippen molar-refractivity contribution in [3.05, 3.63) is 17.3 Å². The molecule has 1 unspecified atom stereocenters. The lowest BCUT2D eigenvalue weighted by Crippen LogP contribution is -2.12. The molecule has 0 amide bonds. The van der Waals surface area contributed by atoms with Gasteiger partial charge in [-0.05, 0) is 21.0 Å². The second-order valence-corrected chi connectivity index (χ2v) is 3.55. The van der Waals surface area contributed by atoms with Crippen LogP contribution in [0.15, 0.2) is 4.42 Å². The minimum absolute atomic E-state index is 0.150. The molecular formula is C9H17N3O2. The highest BCUT2D eigenvalue weighted by atomic mass is 16.4. The first-order chi connectivity index (χ1) is 6.54. The summed E-state index contributed by atoms with van der Waals surface area (Å²) in [5.41, 5.74) is 6.04. The van der Waals surface area contributed by atoms with Crippen LogP contribution in [-0.2, 0) is 6.54 Å². The van der Waals surface area contributed by atoms with Gasteiger partial charge >= 0.3 is 0 Å². The van der Waals surface area contributed by atoms with Crippen molar-refractivity contribution in [2.75, 3.05) is 20.6 Å². The van der Waals surface area contributed by atoms with E-state index in [-0.39, 0.29) is 6.54 Å². The Bertz CT molecular complexity index is 296. The van der Waals surface area contributed by atoms with Crippen LogP contribution in [0.25, 0.3) is 0 Å². The van der Waals surface area contributed by atoms with E-state index in [1.165, 1.54) is 0 Å². The largest absolute Gasteiger partial charge is 0.441 e. The third kappa shape index (κ3) is 2.54. The summed E-state index contributed by atoms with van der Waals surface area (Å²) in [5.74, 6) is 1.08. The first-order valence-corrected chi connectivity index (χ1v) is 4.53. The van der Waals surface area contributed by atoms with Crippen molar-refractivity contribution in [2.24, 2.45) is 5.73 Å².